The lowest BCUT2D eigenvalue weighted by atomic mass is 10.2. The highest BCUT2D eigenvalue weighted by Gasteiger charge is 2.14. The smallest absolute Gasteiger partial charge is 0.251 e. The van der Waals surface area contributed by atoms with Gasteiger partial charge in [0.05, 0.1) is 14.2 Å². The van der Waals surface area contributed by atoms with Crippen molar-refractivity contribution in [1.29, 1.82) is 0 Å². The van der Waals surface area contributed by atoms with Crippen molar-refractivity contribution in [2.75, 3.05) is 33.9 Å². The Hall–Kier alpha value is -1.27. The van der Waals surface area contributed by atoms with E-state index in [-0.39, 0.29) is 5.91 Å². The number of methoxy groups -OCH3 is 2. The van der Waals surface area contributed by atoms with Crippen molar-refractivity contribution in [3.05, 3.63) is 22.2 Å². The first-order valence-electron chi connectivity index (χ1n) is 6.54. The van der Waals surface area contributed by atoms with Crippen LogP contribution in [0.5, 0.6) is 11.5 Å². The second kappa shape index (κ2) is 8.81. The predicted molar refractivity (Wildman–Crippen MR) is 82.7 cm³/mol. The zero-order chi connectivity index (χ0) is 15.0. The molecular formula is C14H21BrN2O3. The Morgan fingerprint density at radius 3 is 2.25 bits per heavy atom. The standard InChI is InChI=1S/C14H21BrN2O3/c1-4-5-16-6-7-17-14(18)10-8-11(19-2)13(15)12(9-10)20-3/h8-9,16H,4-7H2,1-3H3,(H,17,18). The zero-order valence-corrected chi connectivity index (χ0v) is 13.7. The van der Waals surface area contributed by atoms with Crippen LogP contribution in [0.3, 0.4) is 0 Å². The summed E-state index contributed by atoms with van der Waals surface area (Å²) >= 11 is 3.37. The van der Waals surface area contributed by atoms with Crippen LogP contribution in [0.25, 0.3) is 0 Å². The van der Waals surface area contributed by atoms with Crippen LogP contribution in [0.2, 0.25) is 0 Å². The maximum Gasteiger partial charge on any atom is 0.251 e. The summed E-state index contributed by atoms with van der Waals surface area (Å²) in [5.74, 6) is 0.990. The van der Waals surface area contributed by atoms with Crippen molar-refractivity contribution in [3.8, 4) is 11.5 Å². The highest BCUT2D eigenvalue weighted by molar-refractivity contribution is 9.10. The Bertz CT molecular complexity index is 427. The van der Waals surface area contributed by atoms with Gasteiger partial charge in [-0.2, -0.15) is 0 Å². The molecule has 0 radical (unpaired) electrons. The number of carbonyl (C=O) groups is 1. The van der Waals surface area contributed by atoms with Gasteiger partial charge < -0.3 is 20.1 Å². The second-order valence-corrected chi connectivity index (χ2v) is 4.99. The quantitative estimate of drug-likeness (QED) is 0.709. The highest BCUT2D eigenvalue weighted by atomic mass is 79.9. The first kappa shape index (κ1) is 16.8. The summed E-state index contributed by atoms with van der Waals surface area (Å²) < 4.78 is 11.1. The summed E-state index contributed by atoms with van der Waals surface area (Å²) in [7, 11) is 3.10. The molecule has 0 saturated carbocycles. The number of halogens is 1. The third-order valence-corrected chi connectivity index (χ3v) is 3.50. The molecule has 0 saturated heterocycles. The topological polar surface area (TPSA) is 59.6 Å². The molecule has 1 rings (SSSR count). The number of hydrogen-bond acceptors (Lipinski definition) is 4. The monoisotopic (exact) mass is 344 g/mol. The van der Waals surface area contributed by atoms with Crippen molar-refractivity contribution in [2.24, 2.45) is 0 Å². The fourth-order valence-electron chi connectivity index (χ4n) is 1.67. The van der Waals surface area contributed by atoms with Gasteiger partial charge in [0.25, 0.3) is 5.91 Å². The summed E-state index contributed by atoms with van der Waals surface area (Å²) in [4.78, 5) is 12.1. The Labute approximate surface area is 128 Å². The molecule has 0 aliphatic rings. The van der Waals surface area contributed by atoms with Crippen LogP contribution in [0.15, 0.2) is 16.6 Å². The van der Waals surface area contributed by atoms with Crippen molar-refractivity contribution in [3.63, 3.8) is 0 Å². The van der Waals surface area contributed by atoms with Gasteiger partial charge in [-0.05, 0) is 41.0 Å². The van der Waals surface area contributed by atoms with Gasteiger partial charge in [-0.1, -0.05) is 6.92 Å². The largest absolute Gasteiger partial charge is 0.495 e. The van der Waals surface area contributed by atoms with E-state index in [1.54, 1.807) is 26.4 Å². The molecule has 0 aliphatic carbocycles. The van der Waals surface area contributed by atoms with Crippen LogP contribution in [0.1, 0.15) is 23.7 Å². The maximum absolute atomic E-state index is 12.1. The van der Waals surface area contributed by atoms with E-state index < -0.39 is 0 Å². The van der Waals surface area contributed by atoms with Crippen molar-refractivity contribution in [1.82, 2.24) is 10.6 Å². The summed E-state index contributed by atoms with van der Waals surface area (Å²) in [5, 5.41) is 6.08. The second-order valence-electron chi connectivity index (χ2n) is 4.20. The predicted octanol–water partition coefficient (Wildman–Crippen LogP) is 2.20. The third kappa shape index (κ3) is 4.68. The zero-order valence-electron chi connectivity index (χ0n) is 12.1. The van der Waals surface area contributed by atoms with Gasteiger partial charge in [-0.15, -0.1) is 0 Å². The van der Waals surface area contributed by atoms with Gasteiger partial charge >= 0.3 is 0 Å². The number of nitrogens with one attached hydrogen (secondary N) is 2. The first-order chi connectivity index (χ1) is 9.63. The average molecular weight is 345 g/mol. The van der Waals surface area contributed by atoms with E-state index in [9.17, 15) is 4.79 Å². The van der Waals surface area contributed by atoms with Gasteiger partial charge in [0, 0.05) is 18.7 Å². The molecule has 0 bridgehead atoms. The van der Waals surface area contributed by atoms with Crippen molar-refractivity contribution in [2.45, 2.75) is 13.3 Å². The summed E-state index contributed by atoms with van der Waals surface area (Å²) in [5.41, 5.74) is 0.511. The number of benzene rings is 1. The Balaban J connectivity index is 2.68. The lowest BCUT2D eigenvalue weighted by Crippen LogP contribution is -2.32. The van der Waals surface area contributed by atoms with Gasteiger partial charge in [-0.25, -0.2) is 0 Å². The maximum atomic E-state index is 12.1. The number of amides is 1. The normalized spacial score (nSPS) is 10.2. The van der Waals surface area contributed by atoms with Crippen LogP contribution in [-0.2, 0) is 0 Å². The SMILES string of the molecule is CCCNCCNC(=O)c1cc(OC)c(Br)c(OC)c1. The third-order valence-electron chi connectivity index (χ3n) is 2.72. The van der Waals surface area contributed by atoms with Crippen LogP contribution in [-0.4, -0.2) is 39.8 Å². The fraction of sp³-hybridized carbons (Fsp3) is 0.500. The molecule has 0 atom stereocenters. The van der Waals surface area contributed by atoms with Crippen LogP contribution in [0.4, 0.5) is 0 Å². The Morgan fingerprint density at radius 1 is 1.15 bits per heavy atom. The van der Waals surface area contributed by atoms with Gasteiger partial charge in [-0.3, -0.25) is 4.79 Å². The van der Waals surface area contributed by atoms with E-state index in [1.165, 1.54) is 0 Å². The molecule has 112 valence electrons. The summed E-state index contributed by atoms with van der Waals surface area (Å²) in [6.07, 6.45) is 1.08. The lowest BCUT2D eigenvalue weighted by molar-refractivity contribution is 0.0953. The molecule has 0 heterocycles. The fourth-order valence-corrected chi connectivity index (χ4v) is 2.22. The molecule has 0 fully saturated rings. The lowest BCUT2D eigenvalue weighted by Gasteiger charge is -2.12. The van der Waals surface area contributed by atoms with E-state index in [0.717, 1.165) is 19.5 Å². The number of ether oxygens (including phenoxy) is 2. The molecule has 0 aromatic heterocycles. The number of carbonyl (C=O) groups excluding carboxylic acids is 1. The molecule has 1 amide bonds. The molecule has 2 N–H and O–H groups in total. The van der Waals surface area contributed by atoms with E-state index in [2.05, 4.69) is 33.5 Å². The van der Waals surface area contributed by atoms with Crippen molar-refractivity contribution < 1.29 is 14.3 Å². The van der Waals surface area contributed by atoms with E-state index in [0.29, 0.717) is 28.1 Å². The molecule has 6 heteroatoms. The summed E-state index contributed by atoms with van der Waals surface area (Å²) in [6, 6.07) is 3.36. The van der Waals surface area contributed by atoms with E-state index in [1.807, 2.05) is 0 Å². The number of rotatable bonds is 8. The van der Waals surface area contributed by atoms with Crippen LogP contribution < -0.4 is 20.1 Å². The van der Waals surface area contributed by atoms with E-state index >= 15 is 0 Å². The first-order valence-corrected chi connectivity index (χ1v) is 7.33. The van der Waals surface area contributed by atoms with Gasteiger partial charge in [0.15, 0.2) is 0 Å². The molecule has 20 heavy (non-hydrogen) atoms. The van der Waals surface area contributed by atoms with Gasteiger partial charge in [0.1, 0.15) is 16.0 Å². The van der Waals surface area contributed by atoms with Crippen LogP contribution >= 0.6 is 15.9 Å². The molecular weight excluding hydrogens is 324 g/mol. The Kier molecular flexibility index (Phi) is 7.40. The number of hydrogen-bond donors (Lipinski definition) is 2. The summed E-state index contributed by atoms with van der Waals surface area (Å²) in [6.45, 7) is 4.39. The minimum atomic E-state index is -0.146. The molecule has 1 aromatic carbocycles. The van der Waals surface area contributed by atoms with E-state index in [4.69, 9.17) is 9.47 Å². The molecule has 1 aromatic rings. The molecule has 0 unspecified atom stereocenters. The molecule has 0 spiro atoms. The molecule has 0 aliphatic heterocycles. The van der Waals surface area contributed by atoms with Crippen LogP contribution in [0, 0.1) is 0 Å². The molecule has 5 nitrogen and oxygen atoms in total. The van der Waals surface area contributed by atoms with Gasteiger partial charge in [0.2, 0.25) is 0 Å². The average Bonchev–Trinajstić information content (AvgIpc) is 2.47. The minimum absolute atomic E-state index is 0.146. The Morgan fingerprint density at radius 2 is 1.75 bits per heavy atom. The van der Waals surface area contributed by atoms with Crippen molar-refractivity contribution >= 4 is 21.8 Å². The minimum Gasteiger partial charge on any atom is -0.495 e. The highest BCUT2D eigenvalue weighted by Crippen LogP contribution is 2.35.